The zero-order valence-electron chi connectivity index (χ0n) is 45.1. The predicted octanol–water partition coefficient (Wildman–Crippen LogP) is 14.9. The van der Waals surface area contributed by atoms with Crippen molar-refractivity contribution in [2.75, 3.05) is 0 Å². The molecule has 2 unspecified atom stereocenters. The van der Waals surface area contributed by atoms with Crippen molar-refractivity contribution in [3.05, 3.63) is 221 Å². The molecule has 3 heterocycles. The Balaban J connectivity index is 0.970. The summed E-state index contributed by atoms with van der Waals surface area (Å²) in [7, 11) is 0. The van der Waals surface area contributed by atoms with E-state index in [-0.39, 0.29) is 52.9 Å². The van der Waals surface area contributed by atoms with Gasteiger partial charge in [-0.05, 0) is 28.2 Å². The van der Waals surface area contributed by atoms with Gasteiger partial charge in [0, 0.05) is 6.20 Å². The quantitative estimate of drug-likeness (QED) is 0.142. The molecule has 2 aliphatic rings. The Bertz CT molecular complexity index is 4380. The molecule has 0 aliphatic heterocycles. The number of aromatic nitrogens is 4. The number of fused-ring (bicyclic) bond motifs is 7. The number of Topliss-reactive ketones (excluding diaryl/α,β-unsaturated/α-hetero) is 2. The number of carbonyl (C=O) groups excluding carboxylic acids is 2. The van der Waals surface area contributed by atoms with Crippen LogP contribution in [0.25, 0.3) is 83.4 Å². The molecule has 73 heavy (non-hydrogen) atoms. The van der Waals surface area contributed by atoms with Crippen LogP contribution in [-0.4, -0.2) is 30.3 Å². The van der Waals surface area contributed by atoms with Crippen molar-refractivity contribution in [3.8, 4) is 62.1 Å². The van der Waals surface area contributed by atoms with E-state index >= 15 is 0 Å². The standard InChI is InChI=1S/C65H48N4O3.Pt/c1-65(2,3)45-30-31-66-62(33-45)69-57-29-26-44(41-16-7-4-8-17-41)32-54(57)50-28-27-49(37-60(50)69)72-48-23-15-22-46(34-48)67-40-68(59-25-14-13-24-58(59)67)64-51(42-18-9-5-10-19-42)38-53-52-35-47(70)36-55(52)61(71)39-56(53)63(64)43-20-11-6-12-21-43;/h4-33,38,52,55H,35-36,39H2,1-3H3;/q-2;/i4D,7D,8D,16D,17D;. The summed E-state index contributed by atoms with van der Waals surface area (Å²) in [5.41, 5.74) is 12.5. The summed E-state index contributed by atoms with van der Waals surface area (Å²) >= 11 is 2.41. The first-order valence-electron chi connectivity index (χ1n) is 26.9. The Labute approximate surface area is 441 Å². The van der Waals surface area contributed by atoms with E-state index in [1.807, 2.05) is 102 Å². The molecule has 1 saturated carbocycles. The number of hydrogen-bond acceptors (Lipinski definition) is 4. The predicted molar refractivity (Wildman–Crippen MR) is 286 cm³/mol. The van der Waals surface area contributed by atoms with Gasteiger partial charge in [0.05, 0.1) is 6.85 Å². The van der Waals surface area contributed by atoms with E-state index in [0.717, 1.165) is 81.4 Å². The summed E-state index contributed by atoms with van der Waals surface area (Å²) < 4.78 is 56.7. The SMILES string of the molecule is [2H]c1c([2H])c([2H])c(-c2ccc3c(c2)c2ccc(Oc4[c-]c(-n5[c](=[Pt])n(-c6c(-c7ccccc7)cc7c(c6-c6ccccc6)CC(=O)C6CC(=O)CC76)c6ccccc65)ccc4)[c-]c2n3-c2cc(C(C)(C)C)ccn2)c([2H])c1[2H]. The summed E-state index contributed by atoms with van der Waals surface area (Å²) in [6.07, 6.45) is 2.70. The summed E-state index contributed by atoms with van der Waals surface area (Å²) in [5.74, 6) is 1.31. The monoisotopic (exact) mass is 1130 g/mol. The maximum absolute atomic E-state index is 14.1. The normalized spacial score (nSPS) is 16.5. The van der Waals surface area contributed by atoms with Gasteiger partial charge in [-0.2, -0.15) is 0 Å². The molecule has 0 radical (unpaired) electrons. The van der Waals surface area contributed by atoms with E-state index in [2.05, 4.69) is 110 Å². The molecule has 3 aromatic heterocycles. The molecule has 7 nitrogen and oxygen atoms in total. The van der Waals surface area contributed by atoms with Crippen LogP contribution in [0.1, 0.15) is 63.1 Å². The Hall–Kier alpha value is -7.99. The maximum atomic E-state index is 14.1. The number of ether oxygens (including phenoxy) is 1. The number of ketones is 2. The van der Waals surface area contributed by atoms with Crippen LogP contribution in [0.3, 0.4) is 0 Å². The van der Waals surface area contributed by atoms with Gasteiger partial charge in [-0.15, -0.1) is 0 Å². The van der Waals surface area contributed by atoms with E-state index in [9.17, 15) is 9.59 Å². The molecule has 2 aliphatic carbocycles. The molecule has 0 saturated heterocycles. The van der Waals surface area contributed by atoms with Gasteiger partial charge < -0.3 is 0 Å². The first-order valence-corrected chi connectivity index (χ1v) is 25.6. The van der Waals surface area contributed by atoms with Gasteiger partial charge in [0.15, 0.2) is 0 Å². The minimum Gasteiger partial charge on any atom is -0.0617 e. The van der Waals surface area contributed by atoms with Crippen LogP contribution in [0.5, 0.6) is 11.5 Å². The Morgan fingerprint density at radius 3 is 2.12 bits per heavy atom. The number of rotatable bonds is 8. The van der Waals surface area contributed by atoms with E-state index in [0.29, 0.717) is 41.2 Å². The minimum absolute atomic E-state index is 0.119. The summed E-state index contributed by atoms with van der Waals surface area (Å²) in [6.45, 7) is 6.46. The average molecular weight is 1130 g/mol. The van der Waals surface area contributed by atoms with Crippen LogP contribution in [0.2, 0.25) is 0 Å². The van der Waals surface area contributed by atoms with E-state index < -0.39 is 18.1 Å². The fraction of sp³-hybridized carbons (Fsp3) is 0.138. The summed E-state index contributed by atoms with van der Waals surface area (Å²) in [4.78, 5) is 32.1. The van der Waals surface area contributed by atoms with Gasteiger partial charge in [0.2, 0.25) is 0 Å². The topological polar surface area (TPSA) is 71.0 Å². The Kier molecular flexibility index (Phi) is 9.57. The zero-order valence-corrected chi connectivity index (χ0v) is 42.4. The van der Waals surface area contributed by atoms with E-state index in [1.165, 1.54) is 0 Å². The Morgan fingerprint density at radius 2 is 1.36 bits per heavy atom. The van der Waals surface area contributed by atoms with Crippen LogP contribution < -0.4 is 4.74 Å². The second-order valence-electron chi connectivity index (χ2n) is 20.0. The van der Waals surface area contributed by atoms with Crippen molar-refractivity contribution < 1.29 is 40.5 Å². The molecule has 11 aromatic rings. The van der Waals surface area contributed by atoms with Crippen molar-refractivity contribution in [1.82, 2.24) is 18.7 Å². The van der Waals surface area contributed by atoms with E-state index in [4.69, 9.17) is 16.6 Å². The van der Waals surface area contributed by atoms with Crippen LogP contribution in [0.15, 0.2) is 188 Å². The molecule has 8 heteroatoms. The number of para-hydroxylation sites is 2. The van der Waals surface area contributed by atoms with Gasteiger partial charge in [-0.3, -0.25) is 0 Å². The van der Waals surface area contributed by atoms with Crippen LogP contribution in [-0.2, 0) is 40.8 Å². The zero-order chi connectivity index (χ0) is 53.9. The van der Waals surface area contributed by atoms with Gasteiger partial charge in [-0.25, -0.2) is 0 Å². The summed E-state index contributed by atoms with van der Waals surface area (Å²) in [5, 5.41) is 1.59. The van der Waals surface area contributed by atoms with E-state index in [1.54, 1.807) is 12.3 Å². The van der Waals surface area contributed by atoms with Crippen molar-refractivity contribution in [2.45, 2.75) is 51.4 Å². The van der Waals surface area contributed by atoms with Crippen LogP contribution in [0, 0.1) is 21.9 Å². The van der Waals surface area contributed by atoms with Crippen LogP contribution >= 0.6 is 0 Å². The summed E-state index contributed by atoms with van der Waals surface area (Å²) in [6, 6.07) is 55.9. The fourth-order valence-electron chi connectivity index (χ4n) is 11.1. The van der Waals surface area contributed by atoms with Gasteiger partial charge >= 0.3 is 345 Å². The van der Waals surface area contributed by atoms with Crippen molar-refractivity contribution in [1.29, 1.82) is 0 Å². The average Bonchev–Trinajstić information content (AvgIpc) is 4.13. The Morgan fingerprint density at radius 1 is 0.644 bits per heavy atom. The molecular weight excluding hydrogens is 1080 g/mol. The van der Waals surface area contributed by atoms with Crippen molar-refractivity contribution in [3.63, 3.8) is 0 Å². The number of pyridine rings is 1. The number of hydrogen-bond donors (Lipinski definition) is 0. The number of carbonyl (C=O) groups is 2. The molecule has 0 spiro atoms. The molecule has 0 bridgehead atoms. The molecule has 8 aromatic carbocycles. The van der Waals surface area contributed by atoms with Crippen molar-refractivity contribution >= 4 is 44.4 Å². The van der Waals surface area contributed by atoms with Crippen LogP contribution in [0.4, 0.5) is 0 Å². The number of benzene rings is 8. The molecule has 13 rings (SSSR count). The molecule has 2 atom stereocenters. The van der Waals surface area contributed by atoms with Gasteiger partial charge in [0.1, 0.15) is 0 Å². The van der Waals surface area contributed by atoms with Crippen molar-refractivity contribution in [2.24, 2.45) is 5.92 Å². The first kappa shape index (κ1) is 39.6. The molecule has 1 fully saturated rings. The second-order valence-corrected chi connectivity index (χ2v) is 21.0. The second kappa shape index (κ2) is 17.6. The van der Waals surface area contributed by atoms with Gasteiger partial charge in [-0.1, -0.05) is 57.0 Å². The number of imidazole rings is 1. The third-order valence-electron chi connectivity index (χ3n) is 14.6. The smallest absolute Gasteiger partial charge is 0.0617 e. The fourth-order valence-corrected chi connectivity index (χ4v) is 12.2. The van der Waals surface area contributed by atoms with Gasteiger partial charge in [0.25, 0.3) is 0 Å². The first-order chi connectivity index (χ1) is 37.6. The molecule has 358 valence electrons. The number of nitrogens with zero attached hydrogens (tertiary/aromatic N) is 4. The molecule has 0 amide bonds. The third kappa shape index (κ3) is 7.68. The third-order valence-corrected chi connectivity index (χ3v) is 15.6. The molecular formula is C65H48N4O3Pt-2. The minimum atomic E-state index is -0.441. The molecule has 0 N–H and O–H groups in total.